The van der Waals surface area contributed by atoms with Crippen LogP contribution in [-0.2, 0) is 0 Å². The van der Waals surface area contributed by atoms with E-state index in [9.17, 15) is 14.7 Å². The van der Waals surface area contributed by atoms with E-state index in [1.807, 2.05) is 30.3 Å². The molecule has 0 radical (unpaired) electrons. The van der Waals surface area contributed by atoms with E-state index in [0.717, 1.165) is 15.2 Å². The Morgan fingerprint density at radius 1 is 0.862 bits per heavy atom. The lowest BCUT2D eigenvalue weighted by Crippen LogP contribution is -2.06. The normalized spacial score (nSPS) is 11.3. The molecular formula is C24H13BrO4. The summed E-state index contributed by atoms with van der Waals surface area (Å²) in [6.45, 7) is 0. The van der Waals surface area contributed by atoms with Gasteiger partial charge in [0.25, 0.3) is 0 Å². The summed E-state index contributed by atoms with van der Waals surface area (Å²) in [6.07, 6.45) is 0. The molecule has 1 aromatic heterocycles. The summed E-state index contributed by atoms with van der Waals surface area (Å²) in [5, 5.41) is 12.7. The molecular weight excluding hydrogens is 432 g/mol. The summed E-state index contributed by atoms with van der Waals surface area (Å²) >= 11 is 3.34. The van der Waals surface area contributed by atoms with Gasteiger partial charge in [-0.3, -0.25) is 9.59 Å². The van der Waals surface area contributed by atoms with Gasteiger partial charge < -0.3 is 9.52 Å². The zero-order chi connectivity index (χ0) is 20.1. The predicted molar refractivity (Wildman–Crippen MR) is 117 cm³/mol. The molecule has 0 bridgehead atoms. The Morgan fingerprint density at radius 3 is 2.41 bits per heavy atom. The molecule has 5 heteroatoms. The van der Waals surface area contributed by atoms with Gasteiger partial charge in [-0.2, -0.15) is 0 Å². The second kappa shape index (κ2) is 6.57. The van der Waals surface area contributed by atoms with Gasteiger partial charge in [0.15, 0.2) is 5.78 Å². The summed E-state index contributed by atoms with van der Waals surface area (Å²) in [7, 11) is 0. The molecule has 0 spiro atoms. The molecule has 0 saturated heterocycles. The van der Waals surface area contributed by atoms with E-state index in [1.165, 1.54) is 12.1 Å². The quantitative estimate of drug-likeness (QED) is 0.212. The number of hydrogen-bond acceptors (Lipinski definition) is 4. The van der Waals surface area contributed by atoms with Crippen molar-refractivity contribution < 1.29 is 14.3 Å². The van der Waals surface area contributed by atoms with E-state index in [1.54, 1.807) is 30.3 Å². The number of phenols is 1. The monoisotopic (exact) mass is 444 g/mol. The minimum absolute atomic E-state index is 0.0696. The molecule has 0 aliphatic carbocycles. The lowest BCUT2D eigenvalue weighted by atomic mass is 10.00. The van der Waals surface area contributed by atoms with Crippen molar-refractivity contribution in [2.75, 3.05) is 0 Å². The van der Waals surface area contributed by atoms with Crippen molar-refractivity contribution in [1.82, 2.24) is 0 Å². The van der Waals surface area contributed by atoms with Gasteiger partial charge >= 0.3 is 0 Å². The van der Waals surface area contributed by atoms with Crippen molar-refractivity contribution in [2.24, 2.45) is 0 Å². The number of benzene rings is 4. The van der Waals surface area contributed by atoms with E-state index >= 15 is 0 Å². The van der Waals surface area contributed by atoms with Crippen LogP contribution in [-0.4, -0.2) is 10.9 Å². The Balaban J connectivity index is 1.80. The molecule has 0 aliphatic heterocycles. The number of aromatic hydroxyl groups is 1. The first-order valence-electron chi connectivity index (χ1n) is 8.94. The van der Waals surface area contributed by atoms with Crippen LogP contribution in [0.15, 0.2) is 86.5 Å². The highest BCUT2D eigenvalue weighted by atomic mass is 79.9. The summed E-state index contributed by atoms with van der Waals surface area (Å²) in [5.74, 6) is -0.540. The molecule has 4 aromatic carbocycles. The Morgan fingerprint density at radius 2 is 1.62 bits per heavy atom. The van der Waals surface area contributed by atoms with E-state index in [-0.39, 0.29) is 33.5 Å². The highest BCUT2D eigenvalue weighted by molar-refractivity contribution is 9.10. The molecule has 1 heterocycles. The number of halogens is 1. The van der Waals surface area contributed by atoms with Crippen molar-refractivity contribution in [3.05, 3.63) is 98.6 Å². The molecule has 0 aliphatic rings. The van der Waals surface area contributed by atoms with Crippen LogP contribution in [0.25, 0.3) is 32.7 Å². The first-order chi connectivity index (χ1) is 14.0. The third kappa shape index (κ3) is 2.82. The molecule has 4 nitrogen and oxygen atoms in total. The minimum Gasteiger partial charge on any atom is -0.507 e. The summed E-state index contributed by atoms with van der Waals surface area (Å²) < 4.78 is 6.91. The molecule has 5 rings (SSSR count). The van der Waals surface area contributed by atoms with Crippen LogP contribution in [0.1, 0.15) is 15.9 Å². The summed E-state index contributed by atoms with van der Waals surface area (Å²) in [6, 6.07) is 20.9. The lowest BCUT2D eigenvalue weighted by Gasteiger charge is -2.08. The van der Waals surface area contributed by atoms with Crippen molar-refractivity contribution >= 4 is 54.4 Å². The first kappa shape index (κ1) is 17.6. The number of hydrogen-bond donors (Lipinski definition) is 1. The third-order valence-electron chi connectivity index (χ3n) is 5.01. The molecule has 5 aromatic rings. The van der Waals surface area contributed by atoms with Crippen LogP contribution in [0.2, 0.25) is 0 Å². The average Bonchev–Trinajstić information content (AvgIpc) is 2.73. The number of carbonyl (C=O) groups is 1. The fourth-order valence-electron chi connectivity index (χ4n) is 3.58. The SMILES string of the molecule is O=C(c1ccc(Br)cc1)c1cc(O)c2c(=O)c3ccc4ccccc4c3oc2c1. The second-order valence-electron chi connectivity index (χ2n) is 6.80. The molecule has 0 atom stereocenters. The lowest BCUT2D eigenvalue weighted by molar-refractivity contribution is 0.103. The molecule has 140 valence electrons. The van der Waals surface area contributed by atoms with Crippen molar-refractivity contribution in [3.63, 3.8) is 0 Å². The number of ketones is 1. The van der Waals surface area contributed by atoms with E-state index in [0.29, 0.717) is 16.5 Å². The van der Waals surface area contributed by atoms with E-state index in [2.05, 4.69) is 15.9 Å². The van der Waals surface area contributed by atoms with Crippen LogP contribution in [0.5, 0.6) is 5.75 Å². The number of rotatable bonds is 2. The first-order valence-corrected chi connectivity index (χ1v) is 9.74. The number of carbonyl (C=O) groups excluding carboxylic acids is 1. The Hall–Kier alpha value is -3.44. The fraction of sp³-hybridized carbons (Fsp3) is 0. The van der Waals surface area contributed by atoms with Gasteiger partial charge in [0.2, 0.25) is 5.43 Å². The van der Waals surface area contributed by atoms with Gasteiger partial charge in [-0.05, 0) is 47.9 Å². The molecule has 29 heavy (non-hydrogen) atoms. The van der Waals surface area contributed by atoms with Gasteiger partial charge in [-0.25, -0.2) is 0 Å². The minimum atomic E-state index is -0.327. The molecule has 0 amide bonds. The van der Waals surface area contributed by atoms with Crippen LogP contribution in [0, 0.1) is 0 Å². The largest absolute Gasteiger partial charge is 0.507 e. The van der Waals surface area contributed by atoms with E-state index < -0.39 is 0 Å². The van der Waals surface area contributed by atoms with Gasteiger partial charge in [-0.1, -0.05) is 46.3 Å². The third-order valence-corrected chi connectivity index (χ3v) is 5.54. The van der Waals surface area contributed by atoms with Gasteiger partial charge in [0.05, 0.1) is 5.39 Å². The summed E-state index contributed by atoms with van der Waals surface area (Å²) in [4.78, 5) is 25.9. The Labute approximate surface area is 173 Å². The maximum atomic E-state index is 13.0. The van der Waals surface area contributed by atoms with Crippen LogP contribution in [0.3, 0.4) is 0 Å². The average molecular weight is 445 g/mol. The van der Waals surface area contributed by atoms with Gasteiger partial charge in [0.1, 0.15) is 22.3 Å². The van der Waals surface area contributed by atoms with Crippen LogP contribution >= 0.6 is 15.9 Å². The highest BCUT2D eigenvalue weighted by Crippen LogP contribution is 2.31. The highest BCUT2D eigenvalue weighted by Gasteiger charge is 2.18. The van der Waals surface area contributed by atoms with Crippen molar-refractivity contribution in [3.8, 4) is 5.75 Å². The van der Waals surface area contributed by atoms with Gasteiger partial charge in [-0.15, -0.1) is 0 Å². The van der Waals surface area contributed by atoms with E-state index in [4.69, 9.17) is 4.42 Å². The molecule has 0 saturated carbocycles. The van der Waals surface area contributed by atoms with Crippen molar-refractivity contribution in [1.29, 1.82) is 0 Å². The Kier molecular flexibility index (Phi) is 4.00. The summed E-state index contributed by atoms with van der Waals surface area (Å²) in [5.41, 5.74) is 1.01. The second-order valence-corrected chi connectivity index (χ2v) is 7.71. The van der Waals surface area contributed by atoms with Crippen LogP contribution < -0.4 is 5.43 Å². The Bertz CT molecular complexity index is 1500. The molecule has 0 fully saturated rings. The van der Waals surface area contributed by atoms with Gasteiger partial charge in [0, 0.05) is 21.0 Å². The zero-order valence-corrected chi connectivity index (χ0v) is 16.6. The fourth-order valence-corrected chi connectivity index (χ4v) is 3.85. The molecule has 1 N–H and O–H groups in total. The maximum absolute atomic E-state index is 13.0. The zero-order valence-electron chi connectivity index (χ0n) is 15.0. The predicted octanol–water partition coefficient (Wildman–Crippen LogP) is 5.80. The number of fused-ring (bicyclic) bond motifs is 4. The smallest absolute Gasteiger partial charge is 0.204 e. The topological polar surface area (TPSA) is 67.5 Å². The molecule has 0 unspecified atom stereocenters. The number of phenolic OH excluding ortho intramolecular Hbond substituents is 1. The van der Waals surface area contributed by atoms with Crippen molar-refractivity contribution in [2.45, 2.75) is 0 Å². The standard InChI is InChI=1S/C24H13BrO4/c25-16-8-5-14(6-9-16)22(27)15-11-19(26)21-20(12-15)29-24-17-4-2-1-3-13(17)7-10-18(24)23(21)28/h1-12,26H. The maximum Gasteiger partial charge on any atom is 0.204 e. The van der Waals surface area contributed by atoms with Crippen LogP contribution in [0.4, 0.5) is 0 Å².